The minimum Gasteiger partial charge on any atom is -0.392 e. The van der Waals surface area contributed by atoms with Crippen molar-refractivity contribution in [3.63, 3.8) is 0 Å². The Morgan fingerprint density at radius 2 is 1.80 bits per heavy atom. The average molecular weight is 242 g/mol. The number of nitrogens with zero attached hydrogens (tertiary/aromatic N) is 1. The van der Waals surface area contributed by atoms with Crippen molar-refractivity contribution in [2.24, 2.45) is 0 Å². The molecule has 0 amide bonds. The van der Waals surface area contributed by atoms with Gasteiger partial charge >= 0.3 is 0 Å². The number of rotatable bonds is 2. The fraction of sp³-hybridized carbons (Fsp3) is 0.0909. The maximum absolute atomic E-state index is 9.14. The van der Waals surface area contributed by atoms with Gasteiger partial charge in [-0.25, -0.2) is 0 Å². The molecule has 0 saturated carbocycles. The van der Waals surface area contributed by atoms with Crippen LogP contribution in [0, 0.1) is 0 Å². The lowest BCUT2D eigenvalue weighted by Crippen LogP contribution is -1.95. The second kappa shape index (κ2) is 4.27. The van der Waals surface area contributed by atoms with Gasteiger partial charge in [0.25, 0.3) is 0 Å². The second-order valence-electron chi connectivity index (χ2n) is 3.11. The summed E-state index contributed by atoms with van der Waals surface area (Å²) in [6.07, 6.45) is 3.77. The number of aromatic nitrogens is 1. The fourth-order valence-corrected chi connectivity index (χ4v) is 2.01. The van der Waals surface area contributed by atoms with Gasteiger partial charge in [0.2, 0.25) is 0 Å². The Morgan fingerprint density at radius 3 is 2.40 bits per heavy atom. The molecule has 0 unspecified atom stereocenters. The maximum Gasteiger partial charge on any atom is 0.0716 e. The predicted octanol–water partition coefficient (Wildman–Crippen LogP) is 3.28. The minimum atomic E-state index is -0.160. The van der Waals surface area contributed by atoms with Crippen LogP contribution in [0.2, 0.25) is 10.0 Å². The van der Waals surface area contributed by atoms with Crippen molar-refractivity contribution in [1.29, 1.82) is 0 Å². The lowest BCUT2D eigenvalue weighted by Gasteiger charge is -2.10. The highest BCUT2D eigenvalue weighted by Gasteiger charge is 2.10. The van der Waals surface area contributed by atoms with E-state index in [4.69, 9.17) is 28.3 Å². The number of hydrogen-bond acceptors (Lipinski definition) is 1. The van der Waals surface area contributed by atoms with E-state index in [1.165, 1.54) is 0 Å². The topological polar surface area (TPSA) is 25.2 Å². The van der Waals surface area contributed by atoms with Crippen LogP contribution < -0.4 is 0 Å². The molecule has 2 nitrogen and oxygen atoms in total. The molecule has 1 heterocycles. The van der Waals surface area contributed by atoms with Gasteiger partial charge in [0.15, 0.2) is 0 Å². The van der Waals surface area contributed by atoms with E-state index >= 15 is 0 Å². The van der Waals surface area contributed by atoms with E-state index in [9.17, 15) is 0 Å². The SMILES string of the molecule is OCc1c(Cl)ccc(-n2cccc2)c1Cl. The van der Waals surface area contributed by atoms with Gasteiger partial charge in [-0.1, -0.05) is 23.2 Å². The van der Waals surface area contributed by atoms with E-state index < -0.39 is 0 Å². The molecule has 15 heavy (non-hydrogen) atoms. The molecule has 0 radical (unpaired) electrons. The van der Waals surface area contributed by atoms with Gasteiger partial charge in [0.1, 0.15) is 0 Å². The van der Waals surface area contributed by atoms with Crippen LogP contribution >= 0.6 is 23.2 Å². The molecule has 0 aliphatic carbocycles. The van der Waals surface area contributed by atoms with Crippen LogP contribution in [0.15, 0.2) is 36.7 Å². The van der Waals surface area contributed by atoms with Crippen LogP contribution in [-0.4, -0.2) is 9.67 Å². The van der Waals surface area contributed by atoms with E-state index in [1.807, 2.05) is 35.2 Å². The monoisotopic (exact) mass is 241 g/mol. The molecule has 0 atom stereocenters. The van der Waals surface area contributed by atoms with Crippen LogP contribution in [-0.2, 0) is 6.61 Å². The van der Waals surface area contributed by atoms with Crippen molar-refractivity contribution in [2.75, 3.05) is 0 Å². The number of hydrogen-bond donors (Lipinski definition) is 1. The Hall–Kier alpha value is -0.960. The molecule has 0 bridgehead atoms. The molecule has 0 aliphatic heterocycles. The quantitative estimate of drug-likeness (QED) is 0.858. The Labute approximate surface area is 97.7 Å². The van der Waals surface area contributed by atoms with Crippen LogP contribution in [0.3, 0.4) is 0 Å². The summed E-state index contributed by atoms with van der Waals surface area (Å²) < 4.78 is 1.87. The number of benzene rings is 1. The smallest absolute Gasteiger partial charge is 0.0716 e. The molecule has 78 valence electrons. The van der Waals surface area contributed by atoms with Crippen LogP contribution in [0.25, 0.3) is 5.69 Å². The van der Waals surface area contributed by atoms with Crippen molar-refractivity contribution in [1.82, 2.24) is 4.57 Å². The van der Waals surface area contributed by atoms with Crippen molar-refractivity contribution in [2.45, 2.75) is 6.61 Å². The largest absolute Gasteiger partial charge is 0.392 e. The van der Waals surface area contributed by atoms with Gasteiger partial charge in [-0.05, 0) is 24.3 Å². The van der Waals surface area contributed by atoms with Gasteiger partial charge in [0, 0.05) is 23.0 Å². The zero-order chi connectivity index (χ0) is 10.8. The van der Waals surface area contributed by atoms with E-state index in [-0.39, 0.29) is 6.61 Å². The molecule has 0 fully saturated rings. The summed E-state index contributed by atoms with van der Waals surface area (Å²) in [5, 5.41) is 10.1. The Morgan fingerprint density at radius 1 is 1.13 bits per heavy atom. The predicted molar refractivity (Wildman–Crippen MR) is 61.7 cm³/mol. The van der Waals surface area contributed by atoms with E-state index in [0.29, 0.717) is 15.6 Å². The molecule has 0 aliphatic rings. The summed E-state index contributed by atoms with van der Waals surface area (Å²) in [5.74, 6) is 0. The van der Waals surface area contributed by atoms with E-state index in [0.717, 1.165) is 5.69 Å². The Bertz CT molecular complexity index is 466. The van der Waals surface area contributed by atoms with Crippen molar-refractivity contribution in [3.05, 3.63) is 52.3 Å². The Kier molecular flexibility index (Phi) is 3.00. The molecule has 1 aromatic heterocycles. The lowest BCUT2D eigenvalue weighted by atomic mass is 10.2. The maximum atomic E-state index is 9.14. The molecule has 1 N–H and O–H groups in total. The first kappa shape index (κ1) is 10.6. The summed E-state index contributed by atoms with van der Waals surface area (Å²) in [6, 6.07) is 7.37. The molecule has 4 heteroatoms. The molecular formula is C11H9Cl2NO. The first-order valence-electron chi connectivity index (χ1n) is 4.45. The molecule has 2 aromatic rings. The fourth-order valence-electron chi connectivity index (χ4n) is 1.42. The normalized spacial score (nSPS) is 10.6. The van der Waals surface area contributed by atoms with Gasteiger partial charge < -0.3 is 9.67 Å². The third-order valence-corrected chi connectivity index (χ3v) is 2.98. The zero-order valence-electron chi connectivity index (χ0n) is 7.82. The highest BCUT2D eigenvalue weighted by molar-refractivity contribution is 6.37. The van der Waals surface area contributed by atoms with Gasteiger partial charge in [-0.15, -0.1) is 0 Å². The van der Waals surface area contributed by atoms with Crippen molar-refractivity contribution in [3.8, 4) is 5.69 Å². The number of aliphatic hydroxyl groups excluding tert-OH is 1. The highest BCUT2D eigenvalue weighted by atomic mass is 35.5. The van der Waals surface area contributed by atoms with Crippen molar-refractivity contribution < 1.29 is 5.11 Å². The highest BCUT2D eigenvalue weighted by Crippen LogP contribution is 2.30. The van der Waals surface area contributed by atoms with Gasteiger partial charge in [-0.2, -0.15) is 0 Å². The Balaban J connectivity index is 2.60. The summed E-state index contributed by atoms with van der Waals surface area (Å²) in [6.45, 7) is -0.160. The number of aliphatic hydroxyl groups is 1. The molecule has 1 aromatic carbocycles. The van der Waals surface area contributed by atoms with Gasteiger partial charge in [-0.3, -0.25) is 0 Å². The summed E-state index contributed by atoms with van der Waals surface area (Å²) >= 11 is 12.0. The minimum absolute atomic E-state index is 0.160. The standard InChI is InChI=1S/C11H9Cl2NO/c12-9-3-4-10(11(13)8(9)7-15)14-5-1-2-6-14/h1-6,15H,7H2. The first-order chi connectivity index (χ1) is 7.24. The summed E-state index contributed by atoms with van der Waals surface area (Å²) in [5.41, 5.74) is 1.37. The molecule has 0 spiro atoms. The lowest BCUT2D eigenvalue weighted by molar-refractivity contribution is 0.282. The van der Waals surface area contributed by atoms with Crippen LogP contribution in [0.5, 0.6) is 0 Å². The summed E-state index contributed by atoms with van der Waals surface area (Å²) in [7, 11) is 0. The van der Waals surface area contributed by atoms with Gasteiger partial charge in [0.05, 0.1) is 17.3 Å². The van der Waals surface area contributed by atoms with E-state index in [1.54, 1.807) is 6.07 Å². The zero-order valence-corrected chi connectivity index (χ0v) is 9.33. The average Bonchev–Trinajstić information content (AvgIpc) is 2.71. The van der Waals surface area contributed by atoms with E-state index in [2.05, 4.69) is 0 Å². The number of halogens is 2. The van der Waals surface area contributed by atoms with Crippen LogP contribution in [0.4, 0.5) is 0 Å². The van der Waals surface area contributed by atoms with Crippen molar-refractivity contribution >= 4 is 23.2 Å². The summed E-state index contributed by atoms with van der Waals surface area (Å²) in [4.78, 5) is 0. The second-order valence-corrected chi connectivity index (χ2v) is 3.89. The third kappa shape index (κ3) is 1.88. The molecular weight excluding hydrogens is 233 g/mol. The molecule has 2 rings (SSSR count). The molecule has 0 saturated heterocycles. The first-order valence-corrected chi connectivity index (χ1v) is 5.20. The van der Waals surface area contributed by atoms with Crippen LogP contribution in [0.1, 0.15) is 5.56 Å². The third-order valence-electron chi connectivity index (χ3n) is 2.21.